The molecule has 1 N–H and O–H groups in total. The summed E-state index contributed by atoms with van der Waals surface area (Å²) >= 11 is 0. The average molecular weight is 338 g/mol. The Morgan fingerprint density at radius 1 is 1.75 bits per heavy atom. The Morgan fingerprint density at radius 3 is 3.33 bits per heavy atom. The Balaban J connectivity index is 2.46. The topological polar surface area (TPSA) is 69.5 Å². The van der Waals surface area contributed by atoms with E-state index in [1.165, 1.54) is 6.92 Å². The van der Waals surface area contributed by atoms with E-state index in [1.54, 1.807) is 0 Å². The molecule has 0 radical (unpaired) electrons. The van der Waals surface area contributed by atoms with Gasteiger partial charge in [0, 0.05) is 35.3 Å². The first-order valence-corrected chi connectivity index (χ1v) is 6.92. The molecule has 24 heavy (non-hydrogen) atoms. The molecule has 126 valence electrons. The number of likely N-dealkylation sites (N-methyl/N-ethyl adjacent to an activating group) is 1. The normalized spacial score (nSPS) is 38.0. The molecule has 1 fully saturated rings. The SMILES string of the molecule is [2H]c1nc(N(C)[C@]2([2H])[C@H](C([2H])([2H])[2H])C([2H])([2H])C([2H])([2H])N(C(=O)C[N+]#[C-])C2([2H])[2H])c2c([2H])c(C)[nH]c2n1. The molecule has 1 amide bonds. The minimum Gasteiger partial charge on any atom is -0.354 e. The number of aromatic nitrogens is 3. The van der Waals surface area contributed by atoms with Gasteiger partial charge in [-0.1, -0.05) is 6.85 Å². The van der Waals surface area contributed by atoms with Crippen LogP contribution < -0.4 is 4.90 Å². The molecule has 7 heteroatoms. The number of hydrogen-bond donors (Lipinski definition) is 1. The van der Waals surface area contributed by atoms with Crippen molar-refractivity contribution in [3.8, 4) is 0 Å². The fourth-order valence-electron chi connectivity index (χ4n) is 2.23. The van der Waals surface area contributed by atoms with Gasteiger partial charge in [0.1, 0.15) is 19.1 Å². The lowest BCUT2D eigenvalue weighted by molar-refractivity contribution is -0.130. The molecule has 0 unspecified atom stereocenters. The number of nitrogens with zero attached hydrogens (tertiary/aromatic N) is 5. The van der Waals surface area contributed by atoms with Crippen molar-refractivity contribution >= 4 is 22.8 Å². The van der Waals surface area contributed by atoms with Gasteiger partial charge < -0.3 is 19.6 Å². The van der Waals surface area contributed by atoms with E-state index in [0.29, 0.717) is 4.90 Å². The van der Waals surface area contributed by atoms with E-state index in [2.05, 4.69) is 19.8 Å². The third kappa shape index (κ3) is 2.92. The minimum atomic E-state index is -3.59. The molecule has 3 heterocycles. The second-order valence-electron chi connectivity index (χ2n) is 5.04. The van der Waals surface area contributed by atoms with E-state index < -0.39 is 62.7 Å². The minimum absolute atomic E-state index is 0.0518. The number of aromatic amines is 1. The molecule has 0 aliphatic carbocycles. The van der Waals surface area contributed by atoms with E-state index in [0.717, 1.165) is 7.05 Å². The van der Waals surface area contributed by atoms with Gasteiger partial charge in [-0.25, -0.2) is 16.5 Å². The van der Waals surface area contributed by atoms with Crippen LogP contribution in [0.4, 0.5) is 5.82 Å². The summed E-state index contributed by atoms with van der Waals surface area (Å²) in [7, 11) is 0.987. The van der Waals surface area contributed by atoms with Gasteiger partial charge in [0.05, 0.1) is 16.9 Å². The Hall–Kier alpha value is -2.62. The van der Waals surface area contributed by atoms with Gasteiger partial charge in [0.15, 0.2) is 0 Å². The summed E-state index contributed by atoms with van der Waals surface area (Å²) in [5, 5.41) is -0.120. The summed E-state index contributed by atoms with van der Waals surface area (Å²) in [6.07, 6.45) is -4.19. The van der Waals surface area contributed by atoms with Gasteiger partial charge in [-0.05, 0) is 25.3 Å². The van der Waals surface area contributed by atoms with Crippen molar-refractivity contribution in [3.05, 3.63) is 29.5 Å². The van der Waals surface area contributed by atoms with Crippen molar-refractivity contribution in [1.29, 1.82) is 0 Å². The van der Waals surface area contributed by atoms with Crippen LogP contribution in [0.1, 0.15) is 35.4 Å². The van der Waals surface area contributed by atoms with Crippen LogP contribution >= 0.6 is 0 Å². The van der Waals surface area contributed by atoms with Gasteiger partial charge in [-0.2, -0.15) is 0 Å². The predicted molar refractivity (Wildman–Crippen MR) is 92.6 cm³/mol. The van der Waals surface area contributed by atoms with Crippen LogP contribution in [0.2, 0.25) is 0 Å². The highest BCUT2D eigenvalue weighted by molar-refractivity contribution is 5.88. The van der Waals surface area contributed by atoms with Gasteiger partial charge in [0.2, 0.25) is 0 Å². The number of rotatable bonds is 3. The Morgan fingerprint density at radius 2 is 2.58 bits per heavy atom. The number of hydrogen-bond acceptors (Lipinski definition) is 4. The maximum Gasteiger partial charge on any atom is 0.302 e. The number of carbonyl (C=O) groups is 1. The second-order valence-corrected chi connectivity index (χ2v) is 5.04. The van der Waals surface area contributed by atoms with E-state index >= 15 is 0 Å². The predicted octanol–water partition coefficient (Wildman–Crippen LogP) is 1.86. The summed E-state index contributed by atoms with van der Waals surface area (Å²) in [6.45, 7) is -3.29. The van der Waals surface area contributed by atoms with Gasteiger partial charge in [-0.15, -0.1) is 0 Å². The second kappa shape index (κ2) is 6.48. The molecule has 2 aromatic heterocycles. The number of anilines is 1. The first kappa shape index (κ1) is 7.09. The number of amides is 1. The van der Waals surface area contributed by atoms with Crippen molar-refractivity contribution in [2.75, 3.05) is 31.5 Å². The molecule has 1 aliphatic rings. The highest BCUT2D eigenvalue weighted by Crippen LogP contribution is 2.29. The zero-order chi connectivity index (χ0) is 27.8. The molecule has 1 saturated heterocycles. The van der Waals surface area contributed by atoms with Crippen LogP contribution in [0.3, 0.4) is 0 Å². The molecule has 0 aromatic carbocycles. The Labute approximate surface area is 158 Å². The van der Waals surface area contributed by atoms with E-state index in [4.69, 9.17) is 21.7 Å². The van der Waals surface area contributed by atoms with Crippen LogP contribution in [0.25, 0.3) is 15.9 Å². The fraction of sp³-hybridized carbons (Fsp3) is 0.529. The van der Waals surface area contributed by atoms with E-state index in [9.17, 15) is 6.17 Å². The average Bonchev–Trinajstić information content (AvgIpc) is 2.97. The molecular weight excluding hydrogens is 304 g/mol. The molecule has 1 aliphatic heterocycles. The zero-order valence-electron chi connectivity index (χ0n) is 24.9. The van der Waals surface area contributed by atoms with Crippen LogP contribution in [0.15, 0.2) is 12.3 Å². The van der Waals surface area contributed by atoms with Crippen LogP contribution in [-0.4, -0.2) is 58.4 Å². The monoisotopic (exact) mass is 338 g/mol. The zero-order valence-corrected chi connectivity index (χ0v) is 12.9. The smallest absolute Gasteiger partial charge is 0.302 e. The number of nitrogens with one attached hydrogen (secondary N) is 1. The maximum absolute atomic E-state index is 12.8. The van der Waals surface area contributed by atoms with Gasteiger partial charge >= 0.3 is 5.91 Å². The fourth-order valence-corrected chi connectivity index (χ4v) is 2.23. The summed E-state index contributed by atoms with van der Waals surface area (Å²) in [4.78, 5) is 26.4. The molecule has 7 nitrogen and oxygen atoms in total. The first-order chi connectivity index (χ1) is 16.2. The summed E-state index contributed by atoms with van der Waals surface area (Å²) < 4.78 is 100. The number of fused-ring (bicyclic) bond motifs is 1. The third-order valence-electron chi connectivity index (χ3n) is 3.36. The molecule has 2 aromatic rings. The molecule has 0 bridgehead atoms. The van der Waals surface area contributed by atoms with Gasteiger partial charge in [-0.3, -0.25) is 4.79 Å². The summed E-state index contributed by atoms with van der Waals surface area (Å²) in [5.74, 6) is -4.69. The highest BCUT2D eigenvalue weighted by Gasteiger charge is 2.33. The van der Waals surface area contributed by atoms with Crippen LogP contribution in [-0.2, 0) is 4.79 Å². The van der Waals surface area contributed by atoms with Crippen molar-refractivity contribution in [3.63, 3.8) is 0 Å². The maximum atomic E-state index is 12.8. The van der Waals surface area contributed by atoms with Gasteiger partial charge in [0.25, 0.3) is 6.54 Å². The molecule has 2 atom stereocenters. The van der Waals surface area contributed by atoms with Crippen LogP contribution in [0.5, 0.6) is 0 Å². The summed E-state index contributed by atoms with van der Waals surface area (Å²) in [5.41, 5.74) is 0.210. The van der Waals surface area contributed by atoms with Crippen molar-refractivity contribution in [2.45, 2.75) is 26.2 Å². The molecule has 3 rings (SSSR count). The number of likely N-dealkylation sites (tertiary alicyclic amines) is 1. The van der Waals surface area contributed by atoms with Crippen LogP contribution in [0, 0.1) is 19.4 Å². The quantitative estimate of drug-likeness (QED) is 0.867. The molecule has 0 spiro atoms. The van der Waals surface area contributed by atoms with Crippen molar-refractivity contribution < 1.29 is 21.2 Å². The number of carbonyl (C=O) groups excluding carboxylic acids is 1. The largest absolute Gasteiger partial charge is 0.354 e. The lowest BCUT2D eigenvalue weighted by atomic mass is 9.92. The molecular formula is C17H22N6O. The Bertz CT molecular complexity index is 1270. The third-order valence-corrected chi connectivity index (χ3v) is 3.36. The van der Waals surface area contributed by atoms with E-state index in [1.807, 2.05) is 0 Å². The summed E-state index contributed by atoms with van der Waals surface area (Å²) in [6, 6.07) is -3.52. The molecule has 0 saturated carbocycles. The van der Waals surface area contributed by atoms with Crippen molar-refractivity contribution in [1.82, 2.24) is 19.9 Å². The standard InChI is InChI=1S/C17H22N6O/c1-11-5-6-23(15(24)8-18-3)9-14(11)22(4)17-13-7-12(2)21-16(13)19-10-20-17/h7,10-11,14H,5-6,8-9H2,1-2,4H3,(H,19,20,21)/t11-,14+/m1/s1/i1D3,5D2,6D2,7D,9D2,10D,14D. The van der Waals surface area contributed by atoms with E-state index in [-0.39, 0.29) is 27.7 Å². The van der Waals surface area contributed by atoms with Crippen molar-refractivity contribution in [2.24, 2.45) is 5.92 Å². The highest BCUT2D eigenvalue weighted by atomic mass is 16.2. The number of aryl methyl sites for hydroxylation is 1. The number of piperidine rings is 1. The Kier molecular flexibility index (Phi) is 1.91. The lowest BCUT2D eigenvalue weighted by Crippen LogP contribution is -2.53. The number of H-pyrrole nitrogens is 1. The first-order valence-electron chi connectivity index (χ1n) is 12.9. The lowest BCUT2D eigenvalue weighted by Gasteiger charge is -2.41.